The number of rotatable bonds is 4. The summed E-state index contributed by atoms with van der Waals surface area (Å²) in [6, 6.07) is 10.0. The standard InChI is InChI=1S/C30H12Cl2F12S3/c31-23-5-3-21(46-23)25(13-7-15(27(33,34)35)11-16(8-13)28(36,37)38)19-1-2-20(45-19)26(22-4-6-24(32)47-22)14-9-17(29(39,40)41)12-18(10-14)30(42,43)44/h1-12H/b25-19-,26-20-. The number of halogens is 14. The summed E-state index contributed by atoms with van der Waals surface area (Å²) in [5.74, 6) is 0. The van der Waals surface area contributed by atoms with E-state index in [2.05, 4.69) is 0 Å². The molecule has 0 aliphatic carbocycles. The van der Waals surface area contributed by atoms with Gasteiger partial charge in [0, 0.05) is 30.0 Å². The fraction of sp³-hybridized carbons (Fsp3) is 0.133. The summed E-state index contributed by atoms with van der Waals surface area (Å²) in [7, 11) is 0. The van der Waals surface area contributed by atoms with Gasteiger partial charge in [-0.2, -0.15) is 52.7 Å². The zero-order valence-electron chi connectivity index (χ0n) is 22.4. The minimum atomic E-state index is -5.17. The molecule has 47 heavy (non-hydrogen) atoms. The minimum absolute atomic E-state index is 0.0410. The zero-order chi connectivity index (χ0) is 34.7. The highest BCUT2D eigenvalue weighted by molar-refractivity contribution is 7.18. The molecule has 3 aromatic heterocycles. The zero-order valence-corrected chi connectivity index (χ0v) is 26.4. The maximum atomic E-state index is 13.8. The molecule has 0 aliphatic heterocycles. The molecule has 3 heterocycles. The van der Waals surface area contributed by atoms with Gasteiger partial charge in [0.15, 0.2) is 0 Å². The molecule has 17 heteroatoms. The molecule has 0 nitrogen and oxygen atoms in total. The number of hydrogen-bond donors (Lipinski definition) is 0. The van der Waals surface area contributed by atoms with E-state index in [1.165, 1.54) is 36.4 Å². The summed E-state index contributed by atoms with van der Waals surface area (Å²) in [6.07, 6.45) is -20.7. The van der Waals surface area contributed by atoms with Crippen LogP contribution in [0.3, 0.4) is 0 Å². The topological polar surface area (TPSA) is 0 Å². The van der Waals surface area contributed by atoms with E-state index in [0.717, 1.165) is 34.0 Å². The van der Waals surface area contributed by atoms with Crippen molar-refractivity contribution in [2.75, 3.05) is 0 Å². The second-order valence-corrected chi connectivity index (χ2v) is 14.2. The van der Waals surface area contributed by atoms with Crippen LogP contribution in [-0.2, 0) is 24.7 Å². The third-order valence-corrected chi connectivity index (χ3v) is 10.1. The third-order valence-electron chi connectivity index (χ3n) is 6.49. The maximum Gasteiger partial charge on any atom is 0.416 e. The first-order valence-electron chi connectivity index (χ1n) is 12.6. The first-order valence-corrected chi connectivity index (χ1v) is 15.8. The molecule has 0 N–H and O–H groups in total. The van der Waals surface area contributed by atoms with Crippen molar-refractivity contribution >= 4 is 68.4 Å². The van der Waals surface area contributed by atoms with Gasteiger partial charge in [-0.15, -0.1) is 34.0 Å². The summed E-state index contributed by atoms with van der Waals surface area (Å²) >= 11 is 14.5. The molecule has 0 saturated carbocycles. The predicted octanol–water partition coefficient (Wildman–Crippen LogP) is 11.7. The van der Waals surface area contributed by atoms with E-state index >= 15 is 0 Å². The van der Waals surface area contributed by atoms with Crippen LogP contribution in [0.5, 0.6) is 0 Å². The average Bonchev–Trinajstić information content (AvgIpc) is 3.69. The van der Waals surface area contributed by atoms with Crippen LogP contribution in [0.2, 0.25) is 8.67 Å². The van der Waals surface area contributed by atoms with Gasteiger partial charge in [-0.1, -0.05) is 23.2 Å². The Bertz CT molecular complexity index is 1860. The predicted molar refractivity (Wildman–Crippen MR) is 158 cm³/mol. The van der Waals surface area contributed by atoms with Gasteiger partial charge in [0.05, 0.1) is 30.9 Å². The lowest BCUT2D eigenvalue weighted by atomic mass is 9.98. The van der Waals surface area contributed by atoms with Gasteiger partial charge in [0.2, 0.25) is 0 Å². The van der Waals surface area contributed by atoms with Crippen molar-refractivity contribution in [3.05, 3.63) is 134 Å². The number of benzene rings is 2. The van der Waals surface area contributed by atoms with Gasteiger partial charge in [0.1, 0.15) is 0 Å². The molecule has 0 atom stereocenters. The van der Waals surface area contributed by atoms with Gasteiger partial charge in [-0.25, -0.2) is 0 Å². The Morgan fingerprint density at radius 3 is 0.936 bits per heavy atom. The van der Waals surface area contributed by atoms with Crippen LogP contribution in [-0.4, -0.2) is 0 Å². The molecule has 0 fully saturated rings. The van der Waals surface area contributed by atoms with E-state index in [9.17, 15) is 52.7 Å². The van der Waals surface area contributed by atoms with Gasteiger partial charge < -0.3 is 0 Å². The highest BCUT2D eigenvalue weighted by Gasteiger charge is 2.39. The Balaban J connectivity index is 1.92. The lowest BCUT2D eigenvalue weighted by Gasteiger charge is -2.15. The SMILES string of the molecule is FC(F)(F)c1cc(/C(c2ccc(Cl)s2)=c2\cc/c(=C(\c3cc(C(F)(F)F)cc(C(F)(F)F)c3)c3ccc(Cl)s3)s2)cc(C(F)(F)F)c1. The summed E-state index contributed by atoms with van der Waals surface area (Å²) < 4.78 is 166. The quantitative estimate of drug-likeness (QED) is 0.160. The van der Waals surface area contributed by atoms with E-state index in [0.29, 0.717) is 24.3 Å². The molecule has 2 aromatic carbocycles. The molecular formula is C30H12Cl2F12S3. The summed E-state index contributed by atoms with van der Waals surface area (Å²) in [6.45, 7) is 0. The van der Waals surface area contributed by atoms with Crippen LogP contribution >= 0.6 is 57.2 Å². The Kier molecular flexibility index (Phi) is 9.38. The third kappa shape index (κ3) is 7.85. The molecule has 0 aliphatic rings. The van der Waals surface area contributed by atoms with Crippen LogP contribution in [0.25, 0.3) is 11.1 Å². The van der Waals surface area contributed by atoms with Crippen LogP contribution < -0.4 is 9.06 Å². The van der Waals surface area contributed by atoms with E-state index in [-0.39, 0.29) is 50.8 Å². The summed E-state index contributed by atoms with van der Waals surface area (Å²) in [5.41, 5.74) is -7.63. The van der Waals surface area contributed by atoms with Gasteiger partial charge in [-0.05, 0) is 83.9 Å². The normalized spacial score (nSPS) is 14.4. The molecule has 0 unspecified atom stereocenters. The number of hydrogen-bond acceptors (Lipinski definition) is 3. The number of thiophene rings is 3. The van der Waals surface area contributed by atoms with Crippen molar-refractivity contribution in [3.8, 4) is 0 Å². The smallest absolute Gasteiger partial charge is 0.166 e. The van der Waals surface area contributed by atoms with Crippen molar-refractivity contribution in [2.45, 2.75) is 24.7 Å². The van der Waals surface area contributed by atoms with Crippen LogP contribution in [0.1, 0.15) is 43.1 Å². The number of alkyl halides is 12. The second kappa shape index (κ2) is 12.5. The molecule has 0 bridgehead atoms. The first-order chi connectivity index (χ1) is 21.6. The molecule has 5 rings (SSSR count). The molecule has 5 aromatic rings. The Morgan fingerprint density at radius 2 is 0.702 bits per heavy atom. The molecule has 0 amide bonds. The average molecular weight is 768 g/mol. The second-order valence-electron chi connectivity index (χ2n) is 9.71. The largest absolute Gasteiger partial charge is 0.416 e. The molecule has 0 spiro atoms. The van der Waals surface area contributed by atoms with E-state index in [1.807, 2.05) is 0 Å². The molecular weight excluding hydrogens is 755 g/mol. The van der Waals surface area contributed by atoms with Crippen molar-refractivity contribution in [1.82, 2.24) is 0 Å². The van der Waals surface area contributed by atoms with Gasteiger partial charge in [0.25, 0.3) is 0 Å². The van der Waals surface area contributed by atoms with Crippen LogP contribution in [0.15, 0.2) is 72.8 Å². The molecule has 0 radical (unpaired) electrons. The highest BCUT2D eigenvalue weighted by Crippen LogP contribution is 2.41. The highest BCUT2D eigenvalue weighted by atomic mass is 35.5. The Labute approximate surface area is 278 Å². The van der Waals surface area contributed by atoms with E-state index in [4.69, 9.17) is 23.2 Å². The van der Waals surface area contributed by atoms with Crippen molar-refractivity contribution in [2.24, 2.45) is 0 Å². The monoisotopic (exact) mass is 766 g/mol. The van der Waals surface area contributed by atoms with Crippen LogP contribution in [0, 0.1) is 0 Å². The first kappa shape index (κ1) is 35.3. The van der Waals surface area contributed by atoms with Crippen LogP contribution in [0.4, 0.5) is 52.7 Å². The fourth-order valence-corrected chi connectivity index (χ4v) is 8.06. The van der Waals surface area contributed by atoms with E-state index in [1.54, 1.807) is 0 Å². The lowest BCUT2D eigenvalue weighted by Crippen LogP contribution is -2.13. The summed E-state index contributed by atoms with van der Waals surface area (Å²) in [4.78, 5) is 0.296. The van der Waals surface area contributed by atoms with Gasteiger partial charge in [-0.3, -0.25) is 0 Å². The van der Waals surface area contributed by atoms with Crippen molar-refractivity contribution in [1.29, 1.82) is 0 Å². The Hall–Kier alpha value is -2.98. The van der Waals surface area contributed by atoms with Crippen molar-refractivity contribution < 1.29 is 52.7 Å². The summed E-state index contributed by atoms with van der Waals surface area (Å²) in [5, 5.41) is 0. The minimum Gasteiger partial charge on any atom is -0.166 e. The van der Waals surface area contributed by atoms with Gasteiger partial charge >= 0.3 is 24.7 Å². The van der Waals surface area contributed by atoms with Crippen molar-refractivity contribution in [3.63, 3.8) is 0 Å². The van der Waals surface area contributed by atoms with E-state index < -0.39 is 58.1 Å². The molecule has 248 valence electrons. The lowest BCUT2D eigenvalue weighted by molar-refractivity contribution is -0.144. The molecule has 0 saturated heterocycles. The fourth-order valence-electron chi connectivity index (χ4n) is 4.51. The maximum absolute atomic E-state index is 13.8. The Morgan fingerprint density at radius 1 is 0.404 bits per heavy atom.